The minimum absolute atomic E-state index is 0.213. The number of hydrogen-bond donors (Lipinski definition) is 0. The first-order valence-corrected chi connectivity index (χ1v) is 17.1. The molecule has 1 atom stereocenters. The Hall–Kier alpha value is -6.79. The van der Waals surface area contributed by atoms with Crippen molar-refractivity contribution in [3.05, 3.63) is 150 Å². The summed E-state index contributed by atoms with van der Waals surface area (Å²) in [6, 6.07) is 45.2. The van der Waals surface area contributed by atoms with Crippen LogP contribution in [0.15, 0.2) is 147 Å². The van der Waals surface area contributed by atoms with Crippen LogP contribution in [0.2, 0.25) is 0 Å². The molecule has 0 N–H and O–H groups in total. The molecule has 4 heterocycles. The lowest BCUT2D eigenvalue weighted by molar-refractivity contribution is 0.569. The summed E-state index contributed by atoms with van der Waals surface area (Å²) in [5.74, 6) is 1.96. The van der Waals surface area contributed by atoms with Gasteiger partial charge in [-0.15, -0.1) is 0 Å². The molecule has 6 heteroatoms. The van der Waals surface area contributed by atoms with Crippen LogP contribution in [0, 0.1) is 0 Å². The van der Waals surface area contributed by atoms with Gasteiger partial charge in [-0.2, -0.15) is 0 Å². The molecule has 1 aliphatic rings. The molecular formula is C45H27N3O3. The molecule has 0 saturated heterocycles. The maximum atomic E-state index is 6.44. The van der Waals surface area contributed by atoms with E-state index in [0.717, 1.165) is 78.0 Å². The number of para-hydroxylation sites is 2. The third-order valence-corrected chi connectivity index (χ3v) is 10.1. The summed E-state index contributed by atoms with van der Waals surface area (Å²) in [5, 5.41) is 6.64. The number of nitrogens with zero attached hydrogens (tertiary/aromatic N) is 3. The monoisotopic (exact) mass is 657 g/mol. The second-order valence-corrected chi connectivity index (χ2v) is 13.1. The van der Waals surface area contributed by atoms with E-state index in [1.807, 2.05) is 72.8 Å². The first-order chi connectivity index (χ1) is 25.2. The number of rotatable bonds is 4. The summed E-state index contributed by atoms with van der Waals surface area (Å²) in [6.07, 6.45) is 5.47. The molecule has 10 aromatic rings. The van der Waals surface area contributed by atoms with Crippen molar-refractivity contribution in [3.63, 3.8) is 0 Å². The zero-order valence-electron chi connectivity index (χ0n) is 27.2. The lowest BCUT2D eigenvalue weighted by atomic mass is 9.91. The van der Waals surface area contributed by atoms with Crippen LogP contribution < -0.4 is 10.6 Å². The van der Waals surface area contributed by atoms with E-state index < -0.39 is 0 Å². The lowest BCUT2D eigenvalue weighted by Crippen LogP contribution is -2.24. The van der Waals surface area contributed by atoms with Crippen LogP contribution in [0.5, 0.6) is 0 Å². The van der Waals surface area contributed by atoms with Crippen molar-refractivity contribution in [3.8, 4) is 34.2 Å². The number of hydrogen-bond acceptors (Lipinski definition) is 6. The number of furan rings is 3. The van der Waals surface area contributed by atoms with Gasteiger partial charge in [-0.3, -0.25) is 0 Å². The fraction of sp³-hybridized carbons (Fsp3) is 0.0444. The van der Waals surface area contributed by atoms with Crippen molar-refractivity contribution in [2.45, 2.75) is 12.3 Å². The molecule has 0 saturated carbocycles. The van der Waals surface area contributed by atoms with Crippen molar-refractivity contribution in [1.29, 1.82) is 0 Å². The first kappa shape index (κ1) is 28.1. The van der Waals surface area contributed by atoms with E-state index >= 15 is 0 Å². The second kappa shape index (κ2) is 10.9. The highest BCUT2D eigenvalue weighted by molar-refractivity contribution is 6.07. The fourth-order valence-electron chi connectivity index (χ4n) is 7.53. The number of aromatic nitrogens is 3. The molecule has 1 aliphatic carbocycles. The van der Waals surface area contributed by atoms with Crippen LogP contribution in [-0.2, 0) is 0 Å². The van der Waals surface area contributed by atoms with Gasteiger partial charge in [0.2, 0.25) is 0 Å². The van der Waals surface area contributed by atoms with Crippen LogP contribution in [0.1, 0.15) is 17.9 Å². The van der Waals surface area contributed by atoms with Crippen LogP contribution in [0.3, 0.4) is 0 Å². The van der Waals surface area contributed by atoms with Crippen LogP contribution >= 0.6 is 0 Å². The fourth-order valence-corrected chi connectivity index (χ4v) is 7.53. The third-order valence-electron chi connectivity index (χ3n) is 10.1. The van der Waals surface area contributed by atoms with Gasteiger partial charge in [0.1, 0.15) is 33.3 Å². The van der Waals surface area contributed by atoms with Crippen LogP contribution in [0.4, 0.5) is 0 Å². The van der Waals surface area contributed by atoms with Crippen molar-refractivity contribution >= 4 is 67.0 Å². The van der Waals surface area contributed by atoms with Gasteiger partial charge in [0, 0.05) is 54.8 Å². The standard InChI is InChI=1S/C45H27N3O3/c1-2-8-26(9-3-1)43-46-44(29-15-19-34-32-11-5-7-13-38(32)50-41(34)24-29)48-45(47-43)30-16-20-35-36-22-27(17-21-39(36)51-42(35)25-30)28-14-18-33-31-10-4-6-12-37(31)49-40(33)23-28/h1-13,15-25,28H,14H2. The van der Waals surface area contributed by atoms with E-state index in [0.29, 0.717) is 17.5 Å². The van der Waals surface area contributed by atoms with Crippen molar-refractivity contribution in [2.24, 2.45) is 0 Å². The quantitative estimate of drug-likeness (QED) is 0.187. The van der Waals surface area contributed by atoms with Crippen molar-refractivity contribution < 1.29 is 13.3 Å². The minimum Gasteiger partial charge on any atom is -0.456 e. The molecule has 0 spiro atoms. The predicted molar refractivity (Wildman–Crippen MR) is 202 cm³/mol. The highest BCUT2D eigenvalue weighted by Gasteiger charge is 2.19. The number of benzene rings is 6. The summed E-state index contributed by atoms with van der Waals surface area (Å²) in [7, 11) is 0. The van der Waals surface area contributed by atoms with Gasteiger partial charge in [-0.05, 0) is 66.6 Å². The Morgan fingerprint density at radius 1 is 0.431 bits per heavy atom. The predicted octanol–water partition coefficient (Wildman–Crippen LogP) is 10.2. The van der Waals surface area contributed by atoms with Gasteiger partial charge in [0.05, 0.1) is 0 Å². The topological polar surface area (TPSA) is 78.1 Å². The van der Waals surface area contributed by atoms with Crippen LogP contribution in [0.25, 0.3) is 101 Å². The van der Waals surface area contributed by atoms with E-state index in [-0.39, 0.29) is 5.92 Å². The molecular weight excluding hydrogens is 631 g/mol. The average Bonchev–Trinajstić information content (AvgIpc) is 3.88. The zero-order valence-corrected chi connectivity index (χ0v) is 27.2. The molecule has 0 amide bonds. The maximum Gasteiger partial charge on any atom is 0.164 e. The normalized spacial score (nSPS) is 14.3. The summed E-state index contributed by atoms with van der Waals surface area (Å²) >= 11 is 0. The molecule has 240 valence electrons. The van der Waals surface area contributed by atoms with E-state index in [4.69, 9.17) is 28.2 Å². The molecule has 0 bridgehead atoms. The molecule has 0 aliphatic heterocycles. The van der Waals surface area contributed by atoms with Gasteiger partial charge in [-0.1, -0.05) is 91.0 Å². The summed E-state index contributed by atoms with van der Waals surface area (Å²) < 4.78 is 18.9. The molecule has 51 heavy (non-hydrogen) atoms. The maximum absolute atomic E-state index is 6.44. The highest BCUT2D eigenvalue weighted by atomic mass is 16.3. The van der Waals surface area contributed by atoms with Gasteiger partial charge in [0.15, 0.2) is 17.5 Å². The molecule has 6 nitrogen and oxygen atoms in total. The number of fused-ring (bicyclic) bond motifs is 9. The van der Waals surface area contributed by atoms with Gasteiger partial charge >= 0.3 is 0 Å². The summed E-state index contributed by atoms with van der Waals surface area (Å²) in [6.45, 7) is 0. The van der Waals surface area contributed by atoms with Gasteiger partial charge in [0.25, 0.3) is 0 Å². The SMILES string of the molecule is C1=c2oc3ccccc3c2=CCC1c1ccc2oc3cc(-c4nc(-c5ccccc5)nc(-c5ccc6c(c5)oc5ccccc56)n4)ccc3c2c1. The van der Waals surface area contributed by atoms with E-state index in [2.05, 4.69) is 72.8 Å². The van der Waals surface area contributed by atoms with Crippen molar-refractivity contribution in [2.75, 3.05) is 0 Å². The first-order valence-electron chi connectivity index (χ1n) is 17.1. The highest BCUT2D eigenvalue weighted by Crippen LogP contribution is 2.36. The van der Waals surface area contributed by atoms with Crippen LogP contribution in [-0.4, -0.2) is 15.0 Å². The Balaban J connectivity index is 1.01. The smallest absolute Gasteiger partial charge is 0.164 e. The Morgan fingerprint density at radius 3 is 1.73 bits per heavy atom. The largest absolute Gasteiger partial charge is 0.456 e. The van der Waals surface area contributed by atoms with Gasteiger partial charge < -0.3 is 13.3 Å². The van der Waals surface area contributed by atoms with E-state index in [9.17, 15) is 0 Å². The third kappa shape index (κ3) is 4.53. The molecule has 6 aromatic carbocycles. The summed E-state index contributed by atoms with van der Waals surface area (Å²) in [5.41, 5.74) is 8.99. The molecule has 11 rings (SSSR count). The molecule has 4 aromatic heterocycles. The average molecular weight is 658 g/mol. The molecule has 0 radical (unpaired) electrons. The Kier molecular flexibility index (Phi) is 5.98. The zero-order chi connectivity index (χ0) is 33.5. The Morgan fingerprint density at radius 2 is 1.00 bits per heavy atom. The van der Waals surface area contributed by atoms with Crippen molar-refractivity contribution in [1.82, 2.24) is 15.0 Å². The Bertz CT molecular complexity index is 3130. The van der Waals surface area contributed by atoms with E-state index in [1.165, 1.54) is 16.2 Å². The minimum atomic E-state index is 0.213. The van der Waals surface area contributed by atoms with Gasteiger partial charge in [-0.25, -0.2) is 15.0 Å². The lowest BCUT2D eigenvalue weighted by Gasteiger charge is -2.12. The second-order valence-electron chi connectivity index (χ2n) is 13.1. The van der Waals surface area contributed by atoms with E-state index in [1.54, 1.807) is 0 Å². The summed E-state index contributed by atoms with van der Waals surface area (Å²) in [4.78, 5) is 14.9. The molecule has 0 fully saturated rings. The molecule has 1 unspecified atom stereocenters. The Labute approximate surface area is 290 Å².